The third kappa shape index (κ3) is 3.85. The molecule has 1 aromatic heterocycles. The van der Waals surface area contributed by atoms with Crippen molar-refractivity contribution in [3.05, 3.63) is 75.6 Å². The molecule has 0 amide bonds. The number of aryl methyl sites for hydroxylation is 1. The quantitative estimate of drug-likeness (QED) is 0.280. The molecule has 0 saturated carbocycles. The molecular weight excluding hydrogens is 362 g/mol. The number of hydrogen-bond donors (Lipinski definition) is 0. The van der Waals surface area contributed by atoms with E-state index in [1.54, 1.807) is 4.68 Å². The zero-order valence-electron chi connectivity index (χ0n) is 15.7. The number of nitro groups is 1. The van der Waals surface area contributed by atoms with Crippen molar-refractivity contribution in [2.45, 2.75) is 20.3 Å². The molecule has 0 fully saturated rings. The Balaban J connectivity index is 1.83. The van der Waals surface area contributed by atoms with Gasteiger partial charge in [0.25, 0.3) is 0 Å². The minimum absolute atomic E-state index is 0.0479. The molecule has 3 rings (SSSR count). The summed E-state index contributed by atoms with van der Waals surface area (Å²) in [6.45, 7) is 3.68. The van der Waals surface area contributed by atoms with E-state index in [1.165, 1.54) is 25.3 Å². The fourth-order valence-electron chi connectivity index (χ4n) is 2.91. The van der Waals surface area contributed by atoms with Gasteiger partial charge in [0.1, 0.15) is 5.75 Å². The van der Waals surface area contributed by atoms with Crippen molar-refractivity contribution < 1.29 is 19.2 Å². The van der Waals surface area contributed by atoms with Gasteiger partial charge >= 0.3 is 11.7 Å². The molecule has 0 unspecified atom stereocenters. The van der Waals surface area contributed by atoms with Crippen molar-refractivity contribution in [3.63, 3.8) is 0 Å². The molecule has 1 heterocycles. The van der Waals surface area contributed by atoms with E-state index in [0.717, 1.165) is 16.9 Å². The molecule has 0 aliphatic carbocycles. The lowest BCUT2D eigenvalue weighted by molar-refractivity contribution is -0.385. The van der Waals surface area contributed by atoms with E-state index in [4.69, 9.17) is 9.47 Å². The van der Waals surface area contributed by atoms with Crippen molar-refractivity contribution in [3.8, 4) is 17.2 Å². The molecule has 3 aromatic rings. The van der Waals surface area contributed by atoms with Crippen LogP contribution in [0, 0.1) is 24.0 Å². The Morgan fingerprint density at radius 2 is 1.89 bits per heavy atom. The lowest BCUT2D eigenvalue weighted by atomic mass is 10.1. The average molecular weight is 381 g/mol. The molecule has 0 spiro atoms. The second-order valence-electron chi connectivity index (χ2n) is 6.14. The summed E-state index contributed by atoms with van der Waals surface area (Å²) in [5.74, 6) is -0.420. The molecule has 8 nitrogen and oxygen atoms in total. The van der Waals surface area contributed by atoms with Crippen molar-refractivity contribution in [1.29, 1.82) is 0 Å². The van der Waals surface area contributed by atoms with Crippen LogP contribution in [0.15, 0.2) is 48.5 Å². The molecule has 144 valence electrons. The number of rotatable bonds is 6. The first-order valence-electron chi connectivity index (χ1n) is 8.54. The molecule has 28 heavy (non-hydrogen) atoms. The number of nitrogens with zero attached hydrogens (tertiary/aromatic N) is 3. The summed E-state index contributed by atoms with van der Waals surface area (Å²) in [6.07, 6.45) is -0.0479. The Labute approximate surface area is 161 Å². The number of aromatic nitrogens is 2. The summed E-state index contributed by atoms with van der Waals surface area (Å²) < 4.78 is 12.0. The summed E-state index contributed by atoms with van der Waals surface area (Å²) in [7, 11) is 1.40. The van der Waals surface area contributed by atoms with Crippen LogP contribution in [0.2, 0.25) is 0 Å². The van der Waals surface area contributed by atoms with Crippen molar-refractivity contribution >= 4 is 11.7 Å². The van der Waals surface area contributed by atoms with E-state index in [-0.39, 0.29) is 17.9 Å². The Kier molecular flexibility index (Phi) is 5.39. The Morgan fingerprint density at radius 1 is 1.18 bits per heavy atom. The molecule has 0 atom stereocenters. The third-order valence-electron chi connectivity index (χ3n) is 4.35. The zero-order valence-corrected chi connectivity index (χ0v) is 15.7. The van der Waals surface area contributed by atoms with Crippen LogP contribution in [0.1, 0.15) is 17.0 Å². The largest absolute Gasteiger partial charge is 0.496 e. The first kappa shape index (κ1) is 19.1. The zero-order chi connectivity index (χ0) is 20.3. The minimum Gasteiger partial charge on any atom is -0.496 e. The number of methoxy groups -OCH3 is 1. The van der Waals surface area contributed by atoms with Gasteiger partial charge in [0, 0.05) is 11.3 Å². The number of carbonyl (C=O) groups is 1. The molecule has 8 heteroatoms. The number of benzene rings is 2. The van der Waals surface area contributed by atoms with E-state index < -0.39 is 10.9 Å². The standard InChI is InChI=1S/C20H19N3O5/c1-13-17(14(2)22(21-13)15-7-5-4-6-8-15)12-20(24)28-19-10-9-16(27-3)11-18(19)23(25)26/h4-11H,12H2,1-3H3. The van der Waals surface area contributed by atoms with Crippen molar-refractivity contribution in [1.82, 2.24) is 9.78 Å². The number of ether oxygens (including phenoxy) is 2. The molecule has 0 radical (unpaired) electrons. The summed E-state index contributed by atoms with van der Waals surface area (Å²) in [5, 5.41) is 15.7. The molecule has 0 saturated heterocycles. The van der Waals surface area contributed by atoms with Gasteiger partial charge in [-0.1, -0.05) is 18.2 Å². The first-order valence-corrected chi connectivity index (χ1v) is 8.54. The van der Waals surface area contributed by atoms with Crippen molar-refractivity contribution in [2.24, 2.45) is 0 Å². The van der Waals surface area contributed by atoms with Crippen LogP contribution >= 0.6 is 0 Å². The van der Waals surface area contributed by atoms with E-state index in [9.17, 15) is 14.9 Å². The Bertz CT molecular complexity index is 1030. The number of hydrogen-bond acceptors (Lipinski definition) is 6. The van der Waals surface area contributed by atoms with Crippen LogP contribution in [-0.4, -0.2) is 27.8 Å². The highest BCUT2D eigenvalue weighted by Gasteiger charge is 2.22. The Morgan fingerprint density at radius 3 is 2.54 bits per heavy atom. The van der Waals surface area contributed by atoms with Crippen LogP contribution in [0.25, 0.3) is 5.69 Å². The van der Waals surface area contributed by atoms with Gasteiger partial charge in [-0.25, -0.2) is 4.68 Å². The maximum Gasteiger partial charge on any atom is 0.316 e. The fraction of sp³-hybridized carbons (Fsp3) is 0.200. The molecule has 0 N–H and O–H groups in total. The average Bonchev–Trinajstić information content (AvgIpc) is 2.97. The predicted octanol–water partition coefficient (Wildman–Crippen LogP) is 3.55. The van der Waals surface area contributed by atoms with E-state index in [2.05, 4.69) is 5.10 Å². The van der Waals surface area contributed by atoms with Gasteiger partial charge in [0.05, 0.1) is 35.9 Å². The Hall–Kier alpha value is -3.68. The molecule has 0 aliphatic rings. The lowest BCUT2D eigenvalue weighted by Crippen LogP contribution is -2.13. The molecule has 2 aromatic carbocycles. The predicted molar refractivity (Wildman–Crippen MR) is 102 cm³/mol. The van der Waals surface area contributed by atoms with Gasteiger partial charge in [0.2, 0.25) is 5.75 Å². The smallest absolute Gasteiger partial charge is 0.316 e. The van der Waals surface area contributed by atoms with E-state index in [0.29, 0.717) is 11.4 Å². The highest BCUT2D eigenvalue weighted by Crippen LogP contribution is 2.31. The molecular formula is C20H19N3O5. The second kappa shape index (κ2) is 7.91. The normalized spacial score (nSPS) is 10.5. The van der Waals surface area contributed by atoms with Gasteiger partial charge in [-0.2, -0.15) is 5.10 Å². The minimum atomic E-state index is -0.616. The van der Waals surface area contributed by atoms with Gasteiger partial charge in [-0.05, 0) is 38.1 Å². The van der Waals surface area contributed by atoms with Gasteiger partial charge in [-0.3, -0.25) is 14.9 Å². The third-order valence-corrected chi connectivity index (χ3v) is 4.35. The number of nitro benzene ring substituents is 1. The second-order valence-corrected chi connectivity index (χ2v) is 6.14. The van der Waals surface area contributed by atoms with E-state index >= 15 is 0 Å². The maximum absolute atomic E-state index is 12.4. The number of carbonyl (C=O) groups excluding carboxylic acids is 1. The van der Waals surface area contributed by atoms with Gasteiger partial charge < -0.3 is 9.47 Å². The maximum atomic E-state index is 12.4. The highest BCUT2D eigenvalue weighted by atomic mass is 16.6. The lowest BCUT2D eigenvalue weighted by Gasteiger charge is -2.07. The van der Waals surface area contributed by atoms with E-state index in [1.807, 2.05) is 44.2 Å². The fourth-order valence-corrected chi connectivity index (χ4v) is 2.91. The van der Waals surface area contributed by atoms with Crippen LogP contribution < -0.4 is 9.47 Å². The summed E-state index contributed by atoms with van der Waals surface area (Å²) in [6, 6.07) is 13.6. The summed E-state index contributed by atoms with van der Waals surface area (Å²) >= 11 is 0. The van der Waals surface area contributed by atoms with Crippen LogP contribution in [0.3, 0.4) is 0 Å². The summed E-state index contributed by atoms with van der Waals surface area (Å²) in [5.41, 5.74) is 2.78. The molecule has 0 bridgehead atoms. The number of para-hydroxylation sites is 1. The molecule has 0 aliphatic heterocycles. The van der Waals surface area contributed by atoms with Gasteiger partial charge in [0.15, 0.2) is 0 Å². The monoisotopic (exact) mass is 381 g/mol. The van der Waals surface area contributed by atoms with Gasteiger partial charge in [-0.15, -0.1) is 0 Å². The summed E-state index contributed by atoms with van der Waals surface area (Å²) in [4.78, 5) is 23.1. The highest BCUT2D eigenvalue weighted by molar-refractivity contribution is 5.77. The van der Waals surface area contributed by atoms with Crippen LogP contribution in [-0.2, 0) is 11.2 Å². The first-order chi connectivity index (χ1) is 13.4. The van der Waals surface area contributed by atoms with Crippen LogP contribution in [0.4, 0.5) is 5.69 Å². The SMILES string of the molecule is COc1ccc(OC(=O)Cc2c(C)nn(-c3ccccc3)c2C)c([N+](=O)[O-])c1. The van der Waals surface area contributed by atoms with Crippen LogP contribution in [0.5, 0.6) is 11.5 Å². The number of esters is 1. The topological polar surface area (TPSA) is 96.5 Å². The van der Waals surface area contributed by atoms with Crippen molar-refractivity contribution in [2.75, 3.05) is 7.11 Å².